The molecule has 1 aromatic carbocycles. The number of nitrogens with two attached hydrogens (primary N) is 1. The molecule has 9 aromatic rings. The van der Waals surface area contributed by atoms with E-state index in [1.165, 1.54) is 24.0 Å². The van der Waals surface area contributed by atoms with Crippen molar-refractivity contribution < 1.29 is 96.5 Å². The molecule has 4 fully saturated rings. The predicted octanol–water partition coefficient (Wildman–Crippen LogP) is 11.9. The molecule has 2 unspecified atom stereocenters. The van der Waals surface area contributed by atoms with Crippen LogP contribution in [0.4, 0.5) is 62.7 Å². The molecule has 4 saturated heterocycles. The second-order valence-corrected chi connectivity index (χ2v) is 40.8. The number of aromatic carboxylic acids is 1. The van der Waals surface area contributed by atoms with Gasteiger partial charge in [-0.05, 0) is 211 Å². The summed E-state index contributed by atoms with van der Waals surface area (Å²) in [5, 5.41) is 40.0. The lowest BCUT2D eigenvalue weighted by molar-refractivity contribution is 0.0503. The van der Waals surface area contributed by atoms with Gasteiger partial charge in [0.2, 0.25) is 48.2 Å². The van der Waals surface area contributed by atoms with Crippen LogP contribution in [0.5, 0.6) is 0 Å². The lowest BCUT2D eigenvalue weighted by Crippen LogP contribution is -2.58. The van der Waals surface area contributed by atoms with Gasteiger partial charge >= 0.3 is 46.4 Å². The van der Waals surface area contributed by atoms with Gasteiger partial charge in [0, 0.05) is 104 Å². The van der Waals surface area contributed by atoms with Crippen LogP contribution in [-0.4, -0.2) is 254 Å². The number of hydrogen-bond acceptors (Lipinski definition) is 34. The molecule has 4 aliphatic rings. The summed E-state index contributed by atoms with van der Waals surface area (Å²) in [7, 11) is -2.55. The zero-order valence-electron chi connectivity index (χ0n) is 76.6. The second kappa shape index (κ2) is 57.5. The van der Waals surface area contributed by atoms with Crippen LogP contribution in [0.1, 0.15) is 196 Å². The van der Waals surface area contributed by atoms with E-state index in [0.29, 0.717) is 36.3 Å². The Morgan fingerprint density at radius 1 is 0.540 bits per heavy atom. The van der Waals surface area contributed by atoms with Crippen LogP contribution in [0.3, 0.4) is 0 Å². The van der Waals surface area contributed by atoms with Crippen LogP contribution in [0.25, 0.3) is 0 Å². The number of carbonyl (C=O) groups excluding carboxylic acids is 4. The topological polar surface area (TPSA) is 618 Å². The molecule has 8 aromatic heterocycles. The van der Waals surface area contributed by atoms with Crippen LogP contribution >= 0.6 is 73.7 Å². The van der Waals surface area contributed by atoms with Gasteiger partial charge in [0.15, 0.2) is 74.3 Å². The SMILES string of the molecule is CCN(CC)c1ccccc1.CCO.CCOC(=O)c1[nH]c(=O)[nH]c(=O)c1F.CCOC(=O)c1nc(Cl)nc(Cl)c1F.CCOC(=O)c1nc(Cl)nc(Nc2cc(C)[nH]n2)c1F.CCOC(=O)c1nc(N(C)C2C[C@H]3CCC[C@@H](C2)N3S(=O)(=O)CC)nc(Nc2cc(C)[nH]n2)c1F.CCS(=O)(=O)N1[C@@H]2CCC[C@H]1CC(NC)C2.Cc1cc(N)n[nH]1.O=C(O)c1[nH]c(=O)[nH]c(=O)c1F.O=P(Cl)(Cl)Cl. The lowest BCUT2D eigenvalue weighted by atomic mass is 9.83. The molecule has 4 bridgehead atoms. The first-order chi connectivity index (χ1) is 64.4. The number of sulfonamides is 2. The minimum atomic E-state index is -3.31. The number of ether oxygens (including phenoxy) is 4. The number of carboxylic acid groups (broad SMARTS) is 1. The van der Waals surface area contributed by atoms with Crippen molar-refractivity contribution in [3.63, 3.8) is 0 Å². The number of H-pyrrole nitrogens is 7. The molecule has 12 heterocycles. The van der Waals surface area contributed by atoms with Crippen molar-refractivity contribution in [3.8, 4) is 0 Å². The van der Waals surface area contributed by atoms with Gasteiger partial charge in [0.1, 0.15) is 5.82 Å². The number of carboxylic acids is 1. The Morgan fingerprint density at radius 3 is 1.28 bits per heavy atom. The number of carbonyl (C=O) groups is 5. The number of aryl methyl sites for hydroxylation is 3. The van der Waals surface area contributed by atoms with E-state index in [9.17, 15) is 82.1 Å². The first-order valence-corrected chi connectivity index (χ1v) is 50.8. The summed E-state index contributed by atoms with van der Waals surface area (Å²) < 4.78 is 149. The highest BCUT2D eigenvalue weighted by atomic mass is 36.0. The predicted molar refractivity (Wildman–Crippen MR) is 505 cm³/mol. The Kier molecular flexibility index (Phi) is 49.7. The number of nitrogens with one attached hydrogen (secondary N) is 10. The van der Waals surface area contributed by atoms with Crippen LogP contribution in [-0.2, 0) is 43.6 Å². The number of aromatic amines is 7. The third kappa shape index (κ3) is 37.8. The molecule has 0 radical (unpaired) electrons. The highest BCUT2D eigenvalue weighted by Gasteiger charge is 2.46. The van der Waals surface area contributed by atoms with E-state index < -0.39 is 140 Å². The Hall–Kier alpha value is -10.8. The highest BCUT2D eigenvalue weighted by molar-refractivity contribution is 8.24. The number of nitrogen functional groups attached to an aromatic ring is 1. The lowest BCUT2D eigenvalue weighted by Gasteiger charge is -2.49. The van der Waals surface area contributed by atoms with E-state index in [1.807, 2.05) is 34.2 Å². The number of aliphatic hydroxyl groups excluding tert-OH is 1. The number of benzene rings is 1. The zero-order chi connectivity index (χ0) is 103. The number of aliphatic hydroxyl groups is 1. The number of halogens is 11. The molecule has 6 atom stereocenters. The zero-order valence-corrected chi connectivity index (χ0v) is 83.6. The number of anilines is 7. The summed E-state index contributed by atoms with van der Waals surface area (Å²) in [6, 6.07) is 16.3. The summed E-state index contributed by atoms with van der Waals surface area (Å²) >= 11 is 30.3. The van der Waals surface area contributed by atoms with Gasteiger partial charge in [0.05, 0.1) is 37.9 Å². The van der Waals surface area contributed by atoms with Gasteiger partial charge in [0.25, 0.3) is 11.1 Å². The molecule has 13 rings (SSSR count). The highest BCUT2D eigenvalue weighted by Crippen LogP contribution is 2.61. The third-order valence-electron chi connectivity index (χ3n) is 19.3. The van der Waals surface area contributed by atoms with Crippen molar-refractivity contribution in [2.75, 3.05) is 97.9 Å². The molecule has 137 heavy (non-hydrogen) atoms. The number of nitrogens with zero attached hydrogens (tertiary/aromatic N) is 13. The Morgan fingerprint density at radius 2 is 0.912 bits per heavy atom. The first kappa shape index (κ1) is 118. The molecule has 0 saturated carbocycles. The Labute approximate surface area is 812 Å². The number of rotatable bonds is 23. The first-order valence-electron chi connectivity index (χ1n) is 42.0. The van der Waals surface area contributed by atoms with Crippen LogP contribution in [0, 0.1) is 49.9 Å². The number of aromatic nitrogens is 16. The molecular weight excluding hydrogens is 2010 g/mol. The van der Waals surface area contributed by atoms with Gasteiger partial charge in [-0.1, -0.05) is 42.6 Å². The average molecular weight is 2120 g/mol. The summed E-state index contributed by atoms with van der Waals surface area (Å²) in [6.07, 6.45) is 8.99. The van der Waals surface area contributed by atoms with E-state index >= 15 is 4.39 Å². The number of fused-ring (bicyclic) bond motifs is 4. The maximum Gasteiger partial charge on any atom is 0.360 e. The fourth-order valence-electron chi connectivity index (χ4n) is 13.5. The molecule has 0 amide bonds. The van der Waals surface area contributed by atoms with Crippen LogP contribution < -0.4 is 54.0 Å². The van der Waals surface area contributed by atoms with Crippen molar-refractivity contribution in [1.29, 1.82) is 0 Å². The maximum absolute atomic E-state index is 15.2. The number of hydrogen-bond donors (Lipinski definition) is 13. The Bertz CT molecular complexity index is 5960. The minimum Gasteiger partial charge on any atom is -0.476 e. The summed E-state index contributed by atoms with van der Waals surface area (Å²) in [6.45, 7) is 24.0. The van der Waals surface area contributed by atoms with Crippen molar-refractivity contribution in [2.24, 2.45) is 0 Å². The largest absolute Gasteiger partial charge is 0.476 e. The smallest absolute Gasteiger partial charge is 0.360 e. The van der Waals surface area contributed by atoms with Gasteiger partial charge in [-0.3, -0.25) is 49.4 Å². The summed E-state index contributed by atoms with van der Waals surface area (Å²) in [5.74, 6) is -10.0. The van der Waals surface area contributed by atoms with E-state index in [4.69, 9.17) is 60.2 Å². The third-order valence-corrected chi connectivity index (χ3v) is 23.8. The van der Waals surface area contributed by atoms with Gasteiger partial charge in [-0.15, -0.1) is 0 Å². The van der Waals surface area contributed by atoms with E-state index in [-0.39, 0.29) is 103 Å². The monoisotopic (exact) mass is 2110 g/mol. The second-order valence-electron chi connectivity index (χ2n) is 28.8. The molecule has 758 valence electrons. The number of esters is 4. The number of piperidine rings is 4. The normalized spacial score (nSPS) is 16.2. The fraction of sp³-hybridized carbons (Fsp3) is 0.494. The van der Waals surface area contributed by atoms with Crippen molar-refractivity contribution in [3.05, 3.63) is 181 Å². The summed E-state index contributed by atoms with van der Waals surface area (Å²) in [4.78, 5) is 132. The Balaban J connectivity index is 0.000000337. The molecular formula is C79H108Cl6F5N24O20PS2. The van der Waals surface area contributed by atoms with Gasteiger partial charge in [-0.25, -0.2) is 83.5 Å². The maximum atomic E-state index is 15.2. The molecule has 14 N–H and O–H groups in total. The van der Waals surface area contributed by atoms with Gasteiger partial charge in [-0.2, -0.15) is 42.7 Å². The molecule has 0 aliphatic carbocycles. The standard InChI is InChI=1S/C22H32FN7O4S.C11H11ClFN5O2.C11H22N2O2S.C10H15N.C7H5Cl2FN2O2.C7H7FN2O4.C5H3FN2O4.C4H7N3.C2H6O.Cl3OP/c1-5-34-21(31)19-18(23)20(24-17-10-13(3)27-28-17)26-22(25-19)29(4)16-11-14-8-7-9-15(12-16)30(14)35(32,33)6-2;1-3-20-10(19)8-7(13)9(16-11(12)15-8)14-6-4-5(2)17-18-6;1-3-16(14,15)13-10-5-4-6-11(13)8-9(7-10)12-2;1-3-11(4-2)10-8-6-5-7-9-10;1-2-14-6(13)4-3(10)5(8)12-7(9)11-4;1-2-14-6(12)4-3(8)5(11)10-7(13)9-4;6-1-2(4(10)11)7-5(12)8-3(1)9;1-3-2-4(5)7-6-3;1-2-3;1-5(2,3)4/h10,14-16H,5-9,11-12H2,1-4H3,(H2,24,25,26,27,28);4H,3H2,1-2H3,(H2,14,15,16,17,18);9-12H,3-8H2,1-2H3;5-9H,3-4H2,1-2H3;2H2,1H3;2H2,1H3,(H2,9,10,11,13);(H,10,11)(H2,7,8,9,12);2H,1H3,(H3,5,6,7);3H,2H2,1H3;/t14-,15+,16?;;9?,10-,11+;;;;;;;. The molecule has 44 nitrogen and oxygen atoms in total. The van der Waals surface area contributed by atoms with Crippen molar-refractivity contribution in [2.45, 2.75) is 184 Å². The minimum absolute atomic E-state index is 0.0209. The quantitative estimate of drug-likeness (QED) is 0.00706. The fourth-order valence-corrected chi connectivity index (χ4v) is 17.2. The van der Waals surface area contributed by atoms with Crippen LogP contribution in [0.2, 0.25) is 15.7 Å². The van der Waals surface area contributed by atoms with E-state index in [0.717, 1.165) is 75.1 Å². The molecule has 58 heteroatoms. The molecule has 4 aliphatic heterocycles. The van der Waals surface area contributed by atoms with Crippen molar-refractivity contribution in [1.82, 2.24) is 94.4 Å². The van der Waals surface area contributed by atoms with E-state index in [2.05, 4.69) is 163 Å². The van der Waals surface area contributed by atoms with Gasteiger partial charge < -0.3 is 60.6 Å². The number of para-hydroxylation sites is 1. The van der Waals surface area contributed by atoms with Crippen molar-refractivity contribution >= 4 is 164 Å². The average Bonchev–Trinajstić information content (AvgIpc) is 1.16. The van der Waals surface area contributed by atoms with Crippen LogP contribution in [0.15, 0.2) is 67.7 Å². The van der Waals surface area contributed by atoms with E-state index in [1.54, 1.807) is 94.9 Å². The summed E-state index contributed by atoms with van der Waals surface area (Å²) in [5.41, 5.74) is 1.12. The molecule has 0 spiro atoms.